The summed E-state index contributed by atoms with van der Waals surface area (Å²) < 4.78 is 5.11. The summed E-state index contributed by atoms with van der Waals surface area (Å²) in [6.07, 6.45) is -1.02. The number of phenols is 1. The fourth-order valence-electron chi connectivity index (χ4n) is 2.05. The Morgan fingerprint density at radius 2 is 1.64 bits per heavy atom. The second-order valence-electron chi connectivity index (χ2n) is 5.67. The van der Waals surface area contributed by atoms with Crippen molar-refractivity contribution in [3.63, 3.8) is 0 Å². The molecule has 0 unspecified atom stereocenters. The lowest BCUT2D eigenvalue weighted by Crippen LogP contribution is -2.30. The molecule has 0 aliphatic rings. The van der Waals surface area contributed by atoms with Gasteiger partial charge in [0, 0.05) is 11.3 Å². The van der Waals surface area contributed by atoms with E-state index in [2.05, 4.69) is 5.32 Å². The van der Waals surface area contributed by atoms with Crippen molar-refractivity contribution in [1.82, 2.24) is 0 Å². The van der Waals surface area contributed by atoms with E-state index < -0.39 is 18.0 Å². The predicted octanol–water partition coefficient (Wildman–Crippen LogP) is 3.09. The molecule has 25 heavy (non-hydrogen) atoms. The van der Waals surface area contributed by atoms with Crippen molar-refractivity contribution in [3.8, 4) is 5.75 Å². The normalized spacial score (nSPS) is 11.5. The fourth-order valence-corrected chi connectivity index (χ4v) is 2.05. The number of carbonyl (C=O) groups is 3. The number of nitrogens with one attached hydrogen (secondary N) is 1. The van der Waals surface area contributed by atoms with Gasteiger partial charge in [-0.15, -0.1) is 0 Å². The van der Waals surface area contributed by atoms with E-state index in [-0.39, 0.29) is 17.1 Å². The maximum absolute atomic E-state index is 12.1. The highest BCUT2D eigenvalue weighted by molar-refractivity contribution is 5.98. The van der Waals surface area contributed by atoms with Gasteiger partial charge < -0.3 is 15.2 Å². The van der Waals surface area contributed by atoms with Crippen LogP contribution in [0, 0.1) is 6.92 Å². The summed E-state index contributed by atoms with van der Waals surface area (Å²) >= 11 is 0. The van der Waals surface area contributed by atoms with Crippen LogP contribution in [0.25, 0.3) is 0 Å². The number of ether oxygens (including phenoxy) is 1. The number of aromatic hydroxyl groups is 1. The van der Waals surface area contributed by atoms with E-state index in [0.717, 1.165) is 0 Å². The number of carbonyl (C=O) groups excluding carboxylic acids is 3. The maximum Gasteiger partial charge on any atom is 0.339 e. The summed E-state index contributed by atoms with van der Waals surface area (Å²) in [7, 11) is 0. The lowest BCUT2D eigenvalue weighted by Gasteiger charge is -2.14. The molecule has 0 bridgehead atoms. The molecule has 2 rings (SSSR count). The number of esters is 1. The van der Waals surface area contributed by atoms with Gasteiger partial charge >= 0.3 is 5.97 Å². The third-order valence-electron chi connectivity index (χ3n) is 3.66. The van der Waals surface area contributed by atoms with Crippen LogP contribution < -0.4 is 5.32 Å². The van der Waals surface area contributed by atoms with Crippen LogP contribution in [0.1, 0.15) is 40.1 Å². The van der Waals surface area contributed by atoms with Gasteiger partial charge in [0.1, 0.15) is 5.75 Å². The average molecular weight is 341 g/mol. The maximum atomic E-state index is 12.1. The Balaban J connectivity index is 1.98. The minimum Gasteiger partial charge on any atom is -0.508 e. The van der Waals surface area contributed by atoms with Gasteiger partial charge in [0.15, 0.2) is 11.9 Å². The molecule has 0 aliphatic heterocycles. The van der Waals surface area contributed by atoms with Crippen molar-refractivity contribution in [2.45, 2.75) is 26.9 Å². The molecule has 130 valence electrons. The SMILES string of the molecule is CC(=O)c1ccc(NC(=O)[C@@H](C)OC(=O)c2ccc(C)c(O)c2)cc1. The van der Waals surface area contributed by atoms with Gasteiger partial charge in [-0.3, -0.25) is 9.59 Å². The molecule has 1 atom stereocenters. The summed E-state index contributed by atoms with van der Waals surface area (Å²) in [6, 6.07) is 10.8. The number of benzene rings is 2. The lowest BCUT2D eigenvalue weighted by atomic mass is 10.1. The van der Waals surface area contributed by atoms with Crippen molar-refractivity contribution in [1.29, 1.82) is 0 Å². The molecule has 2 aromatic rings. The van der Waals surface area contributed by atoms with Crippen molar-refractivity contribution in [2.75, 3.05) is 5.32 Å². The Kier molecular flexibility index (Phi) is 5.54. The van der Waals surface area contributed by atoms with E-state index >= 15 is 0 Å². The van der Waals surface area contributed by atoms with Gasteiger partial charge in [-0.1, -0.05) is 6.07 Å². The first-order valence-corrected chi connectivity index (χ1v) is 7.70. The Hall–Kier alpha value is -3.15. The van der Waals surface area contributed by atoms with Crippen LogP contribution in [0.3, 0.4) is 0 Å². The Labute approximate surface area is 145 Å². The molecule has 0 aliphatic carbocycles. The van der Waals surface area contributed by atoms with Crippen LogP contribution in [0.5, 0.6) is 5.75 Å². The molecule has 6 heteroatoms. The zero-order valence-electron chi connectivity index (χ0n) is 14.2. The first-order valence-electron chi connectivity index (χ1n) is 7.70. The fraction of sp³-hybridized carbons (Fsp3) is 0.211. The summed E-state index contributed by atoms with van der Waals surface area (Å²) in [4.78, 5) is 35.4. The lowest BCUT2D eigenvalue weighted by molar-refractivity contribution is -0.123. The molecule has 0 spiro atoms. The number of ketones is 1. The second-order valence-corrected chi connectivity index (χ2v) is 5.67. The van der Waals surface area contributed by atoms with Crippen LogP contribution in [-0.4, -0.2) is 28.9 Å². The van der Waals surface area contributed by atoms with Crippen molar-refractivity contribution in [3.05, 3.63) is 59.2 Å². The summed E-state index contributed by atoms with van der Waals surface area (Å²) in [5.41, 5.74) is 1.83. The molecule has 0 fully saturated rings. The first kappa shape index (κ1) is 18.2. The van der Waals surface area contributed by atoms with E-state index in [1.807, 2.05) is 0 Å². The molecule has 2 aromatic carbocycles. The zero-order valence-corrected chi connectivity index (χ0v) is 14.2. The predicted molar refractivity (Wildman–Crippen MR) is 92.8 cm³/mol. The topological polar surface area (TPSA) is 92.7 Å². The molecule has 2 N–H and O–H groups in total. The highest BCUT2D eigenvalue weighted by atomic mass is 16.5. The summed E-state index contributed by atoms with van der Waals surface area (Å²) in [6.45, 7) is 4.61. The number of aryl methyl sites for hydroxylation is 1. The minimum atomic E-state index is -1.02. The molecule has 0 saturated carbocycles. The van der Waals surface area contributed by atoms with Crippen molar-refractivity contribution in [2.24, 2.45) is 0 Å². The molecular formula is C19H19NO5. The van der Waals surface area contributed by atoms with Gasteiger partial charge in [0.05, 0.1) is 5.56 Å². The Morgan fingerprint density at radius 1 is 1.04 bits per heavy atom. The van der Waals surface area contributed by atoms with E-state index in [0.29, 0.717) is 16.8 Å². The van der Waals surface area contributed by atoms with E-state index in [1.54, 1.807) is 37.3 Å². The number of amides is 1. The minimum absolute atomic E-state index is 0.0166. The van der Waals surface area contributed by atoms with E-state index in [9.17, 15) is 19.5 Å². The standard InChI is InChI=1S/C19H19NO5/c1-11-4-5-15(10-17(11)22)19(24)25-13(3)18(23)20-16-8-6-14(7-9-16)12(2)21/h4-10,13,22H,1-3H3,(H,20,23)/t13-/m1/s1. The smallest absolute Gasteiger partial charge is 0.339 e. The second kappa shape index (κ2) is 7.61. The van der Waals surface area contributed by atoms with E-state index in [4.69, 9.17) is 4.74 Å². The van der Waals surface area contributed by atoms with Crippen LogP contribution in [-0.2, 0) is 9.53 Å². The molecule has 0 heterocycles. The number of rotatable bonds is 5. The quantitative estimate of drug-likeness (QED) is 0.644. The summed E-state index contributed by atoms with van der Waals surface area (Å²) in [5, 5.41) is 12.2. The summed E-state index contributed by atoms with van der Waals surface area (Å²) in [5.74, 6) is -1.29. The molecule has 0 saturated heterocycles. The van der Waals surface area contributed by atoms with Crippen LogP contribution >= 0.6 is 0 Å². The van der Waals surface area contributed by atoms with Crippen LogP contribution in [0.4, 0.5) is 5.69 Å². The largest absolute Gasteiger partial charge is 0.508 e. The highest BCUT2D eigenvalue weighted by Crippen LogP contribution is 2.18. The molecule has 6 nitrogen and oxygen atoms in total. The number of anilines is 1. The highest BCUT2D eigenvalue weighted by Gasteiger charge is 2.19. The average Bonchev–Trinajstić information content (AvgIpc) is 2.57. The van der Waals surface area contributed by atoms with Crippen molar-refractivity contribution >= 4 is 23.3 Å². The molecule has 1 amide bonds. The third kappa shape index (κ3) is 4.67. The number of hydrogen-bond donors (Lipinski definition) is 2. The van der Waals surface area contributed by atoms with Gasteiger partial charge in [-0.2, -0.15) is 0 Å². The Morgan fingerprint density at radius 3 is 2.20 bits per heavy atom. The molecular weight excluding hydrogens is 322 g/mol. The van der Waals surface area contributed by atoms with Gasteiger partial charge in [0.25, 0.3) is 5.91 Å². The van der Waals surface area contributed by atoms with Crippen LogP contribution in [0.15, 0.2) is 42.5 Å². The molecule has 0 radical (unpaired) electrons. The first-order chi connectivity index (χ1) is 11.8. The third-order valence-corrected chi connectivity index (χ3v) is 3.66. The van der Waals surface area contributed by atoms with Gasteiger partial charge in [-0.25, -0.2) is 4.79 Å². The van der Waals surface area contributed by atoms with Crippen LogP contribution in [0.2, 0.25) is 0 Å². The number of phenolic OH excluding ortho intramolecular Hbond substituents is 1. The van der Waals surface area contributed by atoms with Crippen molar-refractivity contribution < 1.29 is 24.2 Å². The van der Waals surface area contributed by atoms with Gasteiger partial charge in [0.2, 0.25) is 0 Å². The van der Waals surface area contributed by atoms with Gasteiger partial charge in [-0.05, 0) is 62.7 Å². The monoisotopic (exact) mass is 341 g/mol. The zero-order chi connectivity index (χ0) is 18.6. The van der Waals surface area contributed by atoms with E-state index in [1.165, 1.54) is 26.0 Å². The number of hydrogen-bond acceptors (Lipinski definition) is 5. The molecule has 0 aromatic heterocycles. The Bertz CT molecular complexity index is 811. The number of Topliss-reactive ketones (excluding diaryl/α,β-unsaturated/α-hetero) is 1.